The van der Waals surface area contributed by atoms with Gasteiger partial charge in [0, 0.05) is 30.9 Å². The molecular formula is C18H24N2O4. The van der Waals surface area contributed by atoms with Crippen LogP contribution in [0.25, 0.3) is 11.0 Å². The number of pyridine rings is 1. The van der Waals surface area contributed by atoms with Crippen LogP contribution in [0, 0.1) is 0 Å². The van der Waals surface area contributed by atoms with Crippen LogP contribution in [0.4, 0.5) is 4.79 Å². The Kier molecular flexibility index (Phi) is 4.76. The second kappa shape index (κ2) is 6.81. The maximum absolute atomic E-state index is 12.0. The molecule has 1 saturated heterocycles. The Balaban J connectivity index is 1.46. The van der Waals surface area contributed by atoms with Gasteiger partial charge in [0.05, 0.1) is 6.10 Å². The van der Waals surface area contributed by atoms with Crippen LogP contribution >= 0.6 is 0 Å². The molecule has 0 atom stereocenters. The van der Waals surface area contributed by atoms with E-state index in [1.807, 2.05) is 32.9 Å². The van der Waals surface area contributed by atoms with Crippen molar-refractivity contribution in [2.45, 2.75) is 51.9 Å². The summed E-state index contributed by atoms with van der Waals surface area (Å²) >= 11 is 0. The summed E-state index contributed by atoms with van der Waals surface area (Å²) in [5.74, 6) is 0.799. The molecule has 0 N–H and O–H groups in total. The summed E-state index contributed by atoms with van der Waals surface area (Å²) in [7, 11) is 0. The Morgan fingerprint density at radius 3 is 2.79 bits per heavy atom. The lowest BCUT2D eigenvalue weighted by molar-refractivity contribution is -0.0207. The molecule has 0 saturated carbocycles. The highest BCUT2D eigenvalue weighted by Gasteiger charge is 2.27. The zero-order chi connectivity index (χ0) is 17.2. The van der Waals surface area contributed by atoms with Crippen molar-refractivity contribution in [3.63, 3.8) is 0 Å². The van der Waals surface area contributed by atoms with E-state index in [0.717, 1.165) is 29.6 Å². The van der Waals surface area contributed by atoms with Crippen molar-refractivity contribution in [2.24, 2.45) is 0 Å². The van der Waals surface area contributed by atoms with Crippen molar-refractivity contribution in [2.75, 3.05) is 13.1 Å². The fourth-order valence-electron chi connectivity index (χ4n) is 2.74. The predicted octanol–water partition coefficient (Wildman–Crippen LogP) is 3.74. The molecule has 0 aromatic carbocycles. The Bertz CT molecular complexity index is 663. The first-order valence-electron chi connectivity index (χ1n) is 8.33. The van der Waals surface area contributed by atoms with E-state index in [1.54, 1.807) is 17.3 Å². The Morgan fingerprint density at radius 1 is 1.38 bits per heavy atom. The van der Waals surface area contributed by atoms with Gasteiger partial charge in [-0.2, -0.15) is 0 Å². The third-order valence-electron chi connectivity index (χ3n) is 3.92. The molecule has 1 aliphatic rings. The molecule has 2 aromatic heterocycles. The summed E-state index contributed by atoms with van der Waals surface area (Å²) in [4.78, 5) is 17.9. The average Bonchev–Trinajstić information content (AvgIpc) is 2.94. The smallest absolute Gasteiger partial charge is 0.410 e. The number of nitrogens with zero attached hydrogens (tertiary/aromatic N) is 2. The van der Waals surface area contributed by atoms with Gasteiger partial charge in [-0.25, -0.2) is 4.79 Å². The first kappa shape index (κ1) is 16.8. The van der Waals surface area contributed by atoms with E-state index in [1.165, 1.54) is 0 Å². The van der Waals surface area contributed by atoms with Gasteiger partial charge >= 0.3 is 6.09 Å². The molecule has 6 heteroatoms. The van der Waals surface area contributed by atoms with Crippen molar-refractivity contribution in [3.05, 3.63) is 30.3 Å². The molecule has 1 fully saturated rings. The van der Waals surface area contributed by atoms with E-state index in [4.69, 9.17) is 13.9 Å². The molecule has 0 unspecified atom stereocenters. The quantitative estimate of drug-likeness (QED) is 0.856. The number of hydrogen-bond acceptors (Lipinski definition) is 5. The van der Waals surface area contributed by atoms with Crippen LogP contribution < -0.4 is 0 Å². The molecular weight excluding hydrogens is 308 g/mol. The first-order chi connectivity index (χ1) is 11.4. The number of aromatic nitrogens is 1. The zero-order valence-electron chi connectivity index (χ0n) is 14.4. The molecule has 2 aromatic rings. The maximum Gasteiger partial charge on any atom is 0.410 e. The minimum atomic E-state index is -0.458. The van der Waals surface area contributed by atoms with Gasteiger partial charge in [-0.15, -0.1) is 0 Å². The summed E-state index contributed by atoms with van der Waals surface area (Å²) in [6.45, 7) is 7.38. The highest BCUT2D eigenvalue weighted by atomic mass is 16.6. The second-order valence-electron chi connectivity index (χ2n) is 7.10. The number of fused-ring (bicyclic) bond motifs is 1. The van der Waals surface area contributed by atoms with E-state index < -0.39 is 5.60 Å². The van der Waals surface area contributed by atoms with Gasteiger partial charge in [0.2, 0.25) is 0 Å². The Labute approximate surface area is 141 Å². The van der Waals surface area contributed by atoms with E-state index in [9.17, 15) is 4.79 Å². The van der Waals surface area contributed by atoms with Crippen molar-refractivity contribution in [1.29, 1.82) is 0 Å². The molecule has 3 heterocycles. The van der Waals surface area contributed by atoms with Crippen molar-refractivity contribution >= 4 is 17.1 Å². The number of piperidine rings is 1. The number of carbonyl (C=O) groups excluding carboxylic acids is 1. The van der Waals surface area contributed by atoms with Crippen LogP contribution in [0.1, 0.15) is 39.4 Å². The van der Waals surface area contributed by atoms with Gasteiger partial charge in [0.1, 0.15) is 23.6 Å². The number of furan rings is 1. The fourth-order valence-corrected chi connectivity index (χ4v) is 2.74. The molecule has 6 nitrogen and oxygen atoms in total. The molecule has 3 rings (SSSR count). The van der Waals surface area contributed by atoms with E-state index in [-0.39, 0.29) is 12.2 Å². The van der Waals surface area contributed by atoms with Crippen LogP contribution in [0.5, 0.6) is 0 Å². The van der Waals surface area contributed by atoms with Crippen LogP contribution in [0.15, 0.2) is 28.9 Å². The monoisotopic (exact) mass is 332 g/mol. The van der Waals surface area contributed by atoms with E-state index >= 15 is 0 Å². The normalized spacial score (nSPS) is 16.5. The predicted molar refractivity (Wildman–Crippen MR) is 89.6 cm³/mol. The van der Waals surface area contributed by atoms with Gasteiger partial charge in [-0.1, -0.05) is 0 Å². The third-order valence-corrected chi connectivity index (χ3v) is 3.92. The lowest BCUT2D eigenvalue weighted by atomic mass is 10.1. The van der Waals surface area contributed by atoms with Crippen molar-refractivity contribution in [1.82, 2.24) is 9.88 Å². The number of hydrogen-bond donors (Lipinski definition) is 0. The average molecular weight is 332 g/mol. The van der Waals surface area contributed by atoms with Crippen molar-refractivity contribution in [3.8, 4) is 0 Å². The number of rotatable bonds is 3. The largest absolute Gasteiger partial charge is 0.458 e. The van der Waals surface area contributed by atoms with Crippen LogP contribution in [0.3, 0.4) is 0 Å². The lowest BCUT2D eigenvalue weighted by Crippen LogP contribution is -2.43. The molecule has 24 heavy (non-hydrogen) atoms. The summed E-state index contributed by atoms with van der Waals surface area (Å²) in [6, 6.07) is 3.80. The van der Waals surface area contributed by atoms with Gasteiger partial charge < -0.3 is 18.8 Å². The number of carbonyl (C=O) groups is 1. The molecule has 0 aliphatic carbocycles. The molecule has 130 valence electrons. The van der Waals surface area contributed by atoms with Crippen LogP contribution in [-0.2, 0) is 16.1 Å². The molecule has 0 spiro atoms. The third kappa shape index (κ3) is 4.26. The van der Waals surface area contributed by atoms with Gasteiger partial charge in [0.15, 0.2) is 0 Å². The Morgan fingerprint density at radius 2 is 2.12 bits per heavy atom. The SMILES string of the molecule is CC(C)(C)OC(=O)N1CCC(OCc2cc3cnccc3o2)CC1. The van der Waals surface area contributed by atoms with Gasteiger partial charge in [-0.05, 0) is 45.7 Å². The van der Waals surface area contributed by atoms with E-state index in [2.05, 4.69) is 4.98 Å². The molecule has 1 aliphatic heterocycles. The Hall–Kier alpha value is -2.08. The van der Waals surface area contributed by atoms with Crippen molar-refractivity contribution < 1.29 is 18.7 Å². The zero-order valence-corrected chi connectivity index (χ0v) is 14.4. The highest BCUT2D eigenvalue weighted by molar-refractivity contribution is 5.76. The van der Waals surface area contributed by atoms with Crippen LogP contribution in [0.2, 0.25) is 0 Å². The summed E-state index contributed by atoms with van der Waals surface area (Å²) in [5, 5.41) is 0.982. The van der Waals surface area contributed by atoms with Crippen LogP contribution in [-0.4, -0.2) is 40.8 Å². The summed E-state index contributed by atoms with van der Waals surface area (Å²) in [5.41, 5.74) is 0.365. The standard InChI is InChI=1S/C18H24N2O4/c1-18(2,3)24-17(21)20-8-5-14(6-9-20)22-12-15-10-13-11-19-7-4-16(13)23-15/h4,7,10-11,14H,5-6,8-9,12H2,1-3H3. The van der Waals surface area contributed by atoms with E-state index in [0.29, 0.717) is 19.7 Å². The second-order valence-corrected chi connectivity index (χ2v) is 7.10. The number of amides is 1. The first-order valence-corrected chi connectivity index (χ1v) is 8.33. The fraction of sp³-hybridized carbons (Fsp3) is 0.556. The number of likely N-dealkylation sites (tertiary alicyclic amines) is 1. The van der Waals surface area contributed by atoms with Gasteiger partial charge in [0.25, 0.3) is 0 Å². The lowest BCUT2D eigenvalue weighted by Gasteiger charge is -2.33. The van der Waals surface area contributed by atoms with Gasteiger partial charge in [-0.3, -0.25) is 4.98 Å². The summed E-state index contributed by atoms with van der Waals surface area (Å²) < 4.78 is 17.1. The number of ether oxygens (including phenoxy) is 2. The maximum atomic E-state index is 12.0. The highest BCUT2D eigenvalue weighted by Crippen LogP contribution is 2.21. The topological polar surface area (TPSA) is 64.8 Å². The minimum absolute atomic E-state index is 0.134. The molecule has 0 bridgehead atoms. The minimum Gasteiger partial charge on any atom is -0.458 e. The molecule has 1 amide bonds. The summed E-state index contributed by atoms with van der Waals surface area (Å²) in [6.07, 6.45) is 4.99. The molecule has 0 radical (unpaired) electrons.